The summed E-state index contributed by atoms with van der Waals surface area (Å²) in [5, 5.41) is 14.1. The molecule has 0 aliphatic heterocycles. The maximum atomic E-state index is 14.1. The van der Waals surface area contributed by atoms with E-state index in [1.54, 1.807) is 39.8 Å². The molecule has 1 amide bonds. The van der Waals surface area contributed by atoms with Gasteiger partial charge in [0.2, 0.25) is 0 Å². The standard InChI is InChI=1S/C25H31F3N4O3/c1-16(2)14-24(6,32(22(33)34)23(3,4)5)15-35-20-8-7-17(13-18(20)25(26,27)28)19-9-11-29-21-10-12-30-31(19)21/h7-13,16H,14-15H2,1-6H3,(H,33,34). The molecule has 0 radical (unpaired) electrons. The number of halogens is 3. The van der Waals surface area contributed by atoms with Crippen molar-refractivity contribution in [1.29, 1.82) is 0 Å². The number of carbonyl (C=O) groups is 1. The average molecular weight is 493 g/mol. The van der Waals surface area contributed by atoms with Crippen LogP contribution in [0.15, 0.2) is 42.7 Å². The Morgan fingerprint density at radius 2 is 1.80 bits per heavy atom. The van der Waals surface area contributed by atoms with Crippen molar-refractivity contribution in [2.45, 2.75) is 65.2 Å². The zero-order valence-corrected chi connectivity index (χ0v) is 20.7. The van der Waals surface area contributed by atoms with Crippen molar-refractivity contribution in [3.05, 3.63) is 48.3 Å². The average Bonchev–Trinajstić information content (AvgIpc) is 3.18. The number of alkyl halides is 3. The molecule has 0 spiro atoms. The molecular formula is C25H31F3N4O3. The Balaban J connectivity index is 2.02. The quantitative estimate of drug-likeness (QED) is 0.414. The minimum Gasteiger partial charge on any atom is -0.491 e. The number of carboxylic acid groups (broad SMARTS) is 1. The predicted molar refractivity (Wildman–Crippen MR) is 126 cm³/mol. The Morgan fingerprint density at radius 3 is 2.37 bits per heavy atom. The second kappa shape index (κ2) is 9.39. The number of ether oxygens (including phenoxy) is 1. The first kappa shape index (κ1) is 26.3. The largest absolute Gasteiger partial charge is 0.491 e. The van der Waals surface area contributed by atoms with Gasteiger partial charge in [0.15, 0.2) is 5.65 Å². The highest BCUT2D eigenvalue weighted by Crippen LogP contribution is 2.40. The van der Waals surface area contributed by atoms with Crippen molar-refractivity contribution in [2.75, 3.05) is 6.61 Å². The molecule has 3 rings (SSSR count). The van der Waals surface area contributed by atoms with Crippen LogP contribution in [0.5, 0.6) is 5.75 Å². The van der Waals surface area contributed by atoms with E-state index in [0.717, 1.165) is 6.07 Å². The molecule has 1 unspecified atom stereocenters. The van der Waals surface area contributed by atoms with Crippen LogP contribution in [-0.4, -0.2) is 48.4 Å². The van der Waals surface area contributed by atoms with Gasteiger partial charge in [-0.1, -0.05) is 13.8 Å². The van der Waals surface area contributed by atoms with Crippen LogP contribution < -0.4 is 4.74 Å². The molecule has 10 heteroatoms. The van der Waals surface area contributed by atoms with Crippen molar-refractivity contribution < 1.29 is 27.8 Å². The summed E-state index contributed by atoms with van der Waals surface area (Å²) in [6, 6.07) is 7.06. The SMILES string of the molecule is CC(C)CC(C)(COc1ccc(-c2ccnc3ccnn23)cc1C(F)(F)F)N(C(=O)O)C(C)(C)C. The van der Waals surface area contributed by atoms with Gasteiger partial charge in [-0.25, -0.2) is 14.3 Å². The smallest absolute Gasteiger partial charge is 0.419 e. The number of hydrogen-bond donors (Lipinski definition) is 1. The fraction of sp³-hybridized carbons (Fsp3) is 0.480. The normalized spacial score (nSPS) is 14.2. The fourth-order valence-electron chi connectivity index (χ4n) is 4.74. The second-order valence-corrected chi connectivity index (χ2v) is 10.3. The summed E-state index contributed by atoms with van der Waals surface area (Å²) in [6.45, 7) is 10.6. The van der Waals surface area contributed by atoms with E-state index in [9.17, 15) is 23.1 Å². The molecule has 1 atom stereocenters. The number of hydrogen-bond acceptors (Lipinski definition) is 4. The van der Waals surface area contributed by atoms with Gasteiger partial charge in [0.05, 0.1) is 23.0 Å². The zero-order chi connectivity index (χ0) is 26.2. The molecular weight excluding hydrogens is 461 g/mol. The van der Waals surface area contributed by atoms with Crippen molar-refractivity contribution in [3.8, 4) is 17.0 Å². The lowest BCUT2D eigenvalue weighted by Crippen LogP contribution is -2.61. The first-order valence-corrected chi connectivity index (χ1v) is 11.3. The highest BCUT2D eigenvalue weighted by molar-refractivity contribution is 5.67. The van der Waals surface area contributed by atoms with Gasteiger partial charge in [0.25, 0.3) is 0 Å². The third kappa shape index (κ3) is 5.68. The van der Waals surface area contributed by atoms with Gasteiger partial charge < -0.3 is 9.84 Å². The van der Waals surface area contributed by atoms with E-state index < -0.39 is 28.9 Å². The van der Waals surface area contributed by atoms with E-state index in [4.69, 9.17) is 4.74 Å². The van der Waals surface area contributed by atoms with Crippen molar-refractivity contribution in [1.82, 2.24) is 19.5 Å². The number of nitrogens with zero attached hydrogens (tertiary/aromatic N) is 4. The second-order valence-electron chi connectivity index (χ2n) is 10.3. The minimum absolute atomic E-state index is 0.0837. The number of amides is 1. The van der Waals surface area contributed by atoms with Crippen molar-refractivity contribution >= 4 is 11.7 Å². The van der Waals surface area contributed by atoms with Crippen LogP contribution in [-0.2, 0) is 6.18 Å². The van der Waals surface area contributed by atoms with Crippen LogP contribution in [0.1, 0.15) is 53.5 Å². The zero-order valence-electron chi connectivity index (χ0n) is 20.7. The van der Waals surface area contributed by atoms with Crippen LogP contribution >= 0.6 is 0 Å². The predicted octanol–water partition coefficient (Wildman–Crippen LogP) is 6.38. The fourth-order valence-corrected chi connectivity index (χ4v) is 4.74. The van der Waals surface area contributed by atoms with Crippen LogP contribution in [0.4, 0.5) is 18.0 Å². The van der Waals surface area contributed by atoms with Gasteiger partial charge in [0, 0.05) is 23.4 Å². The summed E-state index contributed by atoms with van der Waals surface area (Å²) in [5.74, 6) is -0.276. The Morgan fingerprint density at radius 1 is 1.11 bits per heavy atom. The molecule has 2 aromatic heterocycles. The van der Waals surface area contributed by atoms with Gasteiger partial charge >= 0.3 is 12.3 Å². The lowest BCUT2D eigenvalue weighted by molar-refractivity contribution is -0.139. The lowest BCUT2D eigenvalue weighted by atomic mass is 9.86. The van der Waals surface area contributed by atoms with Gasteiger partial charge in [-0.2, -0.15) is 18.3 Å². The summed E-state index contributed by atoms with van der Waals surface area (Å²) < 4.78 is 49.5. The van der Waals surface area contributed by atoms with E-state index >= 15 is 0 Å². The molecule has 190 valence electrons. The summed E-state index contributed by atoms with van der Waals surface area (Å²) in [6.07, 6.45) is -2.41. The lowest BCUT2D eigenvalue weighted by Gasteiger charge is -2.47. The number of aromatic nitrogens is 3. The topological polar surface area (TPSA) is 80.0 Å². The molecule has 1 N–H and O–H groups in total. The molecule has 7 nitrogen and oxygen atoms in total. The van der Waals surface area contributed by atoms with Crippen LogP contribution in [0, 0.1) is 5.92 Å². The number of benzene rings is 1. The summed E-state index contributed by atoms with van der Waals surface area (Å²) in [5.41, 5.74) is -1.54. The highest BCUT2D eigenvalue weighted by atomic mass is 19.4. The van der Waals surface area contributed by atoms with Crippen LogP contribution in [0.25, 0.3) is 16.9 Å². The molecule has 1 aromatic carbocycles. The van der Waals surface area contributed by atoms with Gasteiger partial charge in [-0.3, -0.25) is 4.90 Å². The molecule has 3 aromatic rings. The third-order valence-electron chi connectivity index (χ3n) is 5.66. The van der Waals surface area contributed by atoms with Gasteiger partial charge in [-0.15, -0.1) is 0 Å². The maximum absolute atomic E-state index is 14.1. The molecule has 0 saturated carbocycles. The number of rotatable bonds is 7. The van der Waals surface area contributed by atoms with E-state index in [0.29, 0.717) is 23.3 Å². The van der Waals surface area contributed by atoms with E-state index in [-0.39, 0.29) is 18.3 Å². The highest BCUT2D eigenvalue weighted by Gasteiger charge is 2.44. The van der Waals surface area contributed by atoms with Crippen LogP contribution in [0.2, 0.25) is 0 Å². The van der Waals surface area contributed by atoms with E-state index in [2.05, 4.69) is 10.1 Å². The van der Waals surface area contributed by atoms with Crippen molar-refractivity contribution in [2.24, 2.45) is 5.92 Å². The molecule has 0 aliphatic carbocycles. The minimum atomic E-state index is -4.69. The van der Waals surface area contributed by atoms with Crippen molar-refractivity contribution in [3.63, 3.8) is 0 Å². The first-order chi connectivity index (χ1) is 16.1. The Bertz CT molecular complexity index is 1200. The summed E-state index contributed by atoms with van der Waals surface area (Å²) >= 11 is 0. The molecule has 0 bridgehead atoms. The Kier molecular flexibility index (Phi) is 7.06. The molecule has 35 heavy (non-hydrogen) atoms. The summed E-state index contributed by atoms with van der Waals surface area (Å²) in [7, 11) is 0. The summed E-state index contributed by atoms with van der Waals surface area (Å²) in [4.78, 5) is 17.6. The molecule has 2 heterocycles. The van der Waals surface area contributed by atoms with Gasteiger partial charge in [-0.05, 0) is 64.3 Å². The molecule has 0 saturated heterocycles. The van der Waals surface area contributed by atoms with Crippen LogP contribution in [0.3, 0.4) is 0 Å². The number of fused-ring (bicyclic) bond motifs is 1. The Labute approximate surface area is 202 Å². The maximum Gasteiger partial charge on any atom is 0.419 e. The molecule has 0 aliphatic rings. The monoisotopic (exact) mass is 492 g/mol. The van der Waals surface area contributed by atoms with E-state index in [1.165, 1.54) is 33.9 Å². The Hall–Kier alpha value is -3.30. The van der Waals surface area contributed by atoms with Gasteiger partial charge in [0.1, 0.15) is 12.4 Å². The third-order valence-corrected chi connectivity index (χ3v) is 5.66. The molecule has 0 fully saturated rings. The first-order valence-electron chi connectivity index (χ1n) is 11.3. The van der Waals surface area contributed by atoms with E-state index in [1.807, 2.05) is 13.8 Å².